The van der Waals surface area contributed by atoms with Gasteiger partial charge in [0.15, 0.2) is 0 Å². The Morgan fingerprint density at radius 2 is 1.48 bits per heavy atom. The highest BCUT2D eigenvalue weighted by molar-refractivity contribution is 7.03. The van der Waals surface area contributed by atoms with Crippen molar-refractivity contribution in [2.45, 2.75) is 38.8 Å². The molecule has 0 aliphatic rings. The van der Waals surface area contributed by atoms with Crippen LogP contribution in [0.5, 0.6) is 0 Å². The summed E-state index contributed by atoms with van der Waals surface area (Å²) in [6.45, 7) is 8.51. The Morgan fingerprint density at radius 1 is 0.905 bits per heavy atom. The van der Waals surface area contributed by atoms with Gasteiger partial charge in [0, 0.05) is 17.6 Å². The fraction of sp³-hybridized carbons (Fsp3) is 0.353. The first-order chi connectivity index (χ1) is 9.88. The van der Waals surface area contributed by atoms with Gasteiger partial charge in [-0.15, -0.1) is 0 Å². The lowest BCUT2D eigenvalue weighted by molar-refractivity contribution is 0.585. The summed E-state index contributed by atoms with van der Waals surface area (Å²) in [5.41, 5.74) is 0.571. The van der Waals surface area contributed by atoms with Crippen molar-refractivity contribution in [3.63, 3.8) is 0 Å². The normalized spacial score (nSPS) is 12.2. The van der Waals surface area contributed by atoms with Gasteiger partial charge in [0.1, 0.15) is 19.7 Å². The van der Waals surface area contributed by atoms with Gasteiger partial charge in [0.2, 0.25) is 0 Å². The van der Waals surface area contributed by atoms with Crippen molar-refractivity contribution in [1.29, 1.82) is 0 Å². The lowest BCUT2D eigenvalue weighted by atomic mass is 10.3. The van der Waals surface area contributed by atoms with Crippen molar-refractivity contribution >= 4 is 18.6 Å². The van der Waals surface area contributed by atoms with Crippen molar-refractivity contribution < 1.29 is 8.78 Å². The number of halogens is 2. The molecule has 0 amide bonds. The molecule has 0 saturated heterocycles. The SMILES string of the molecule is CC(C)[Si](c1cc(F)cc(F)c1)(c1ccccn1)C(C)C. The summed E-state index contributed by atoms with van der Waals surface area (Å²) in [5, 5.41) is 1.77. The van der Waals surface area contributed by atoms with E-state index in [1.807, 2.05) is 18.2 Å². The second-order valence-corrected chi connectivity index (χ2v) is 11.2. The van der Waals surface area contributed by atoms with Crippen molar-refractivity contribution in [2.75, 3.05) is 0 Å². The molecule has 0 saturated carbocycles. The molecule has 1 aromatic heterocycles. The maximum absolute atomic E-state index is 13.8. The zero-order chi connectivity index (χ0) is 15.6. The van der Waals surface area contributed by atoms with E-state index in [2.05, 4.69) is 32.7 Å². The third-order valence-electron chi connectivity index (χ3n) is 4.25. The highest BCUT2D eigenvalue weighted by Crippen LogP contribution is 2.31. The smallest absolute Gasteiger partial charge is 0.146 e. The molecule has 1 nitrogen and oxygen atoms in total. The van der Waals surface area contributed by atoms with E-state index in [1.165, 1.54) is 12.1 Å². The summed E-state index contributed by atoms with van der Waals surface area (Å²) in [6, 6.07) is 9.73. The Balaban J connectivity index is 2.77. The van der Waals surface area contributed by atoms with Gasteiger partial charge in [-0.2, -0.15) is 0 Å². The van der Waals surface area contributed by atoms with Gasteiger partial charge in [-0.25, -0.2) is 8.78 Å². The fourth-order valence-electron chi connectivity index (χ4n) is 3.47. The van der Waals surface area contributed by atoms with Crippen molar-refractivity contribution in [3.8, 4) is 0 Å². The summed E-state index contributed by atoms with van der Waals surface area (Å²) in [5.74, 6) is -1.03. The average Bonchev–Trinajstić information content (AvgIpc) is 2.38. The van der Waals surface area contributed by atoms with Crippen molar-refractivity contribution in [1.82, 2.24) is 4.98 Å². The zero-order valence-electron chi connectivity index (χ0n) is 12.9. The Morgan fingerprint density at radius 3 is 1.90 bits per heavy atom. The van der Waals surface area contributed by atoms with E-state index in [0.717, 1.165) is 16.6 Å². The van der Waals surface area contributed by atoms with E-state index in [9.17, 15) is 8.78 Å². The Bertz CT molecular complexity index is 583. The van der Waals surface area contributed by atoms with Crippen LogP contribution in [0.4, 0.5) is 8.78 Å². The van der Waals surface area contributed by atoms with Gasteiger partial charge >= 0.3 is 0 Å². The van der Waals surface area contributed by atoms with E-state index >= 15 is 0 Å². The third-order valence-corrected chi connectivity index (χ3v) is 10.3. The van der Waals surface area contributed by atoms with Gasteiger partial charge < -0.3 is 0 Å². The van der Waals surface area contributed by atoms with Gasteiger partial charge in [0.05, 0.1) is 0 Å². The highest BCUT2D eigenvalue weighted by Gasteiger charge is 2.45. The van der Waals surface area contributed by atoms with Crippen LogP contribution in [0.1, 0.15) is 27.7 Å². The standard InChI is InChI=1S/C17H21F2NSi/c1-12(2)21(13(3)4,17-7-5-6-8-20-17)16-10-14(18)9-15(19)11-16/h5-13H,1-4H3. The van der Waals surface area contributed by atoms with Crippen LogP contribution >= 0.6 is 0 Å². The number of rotatable bonds is 4. The molecule has 0 atom stereocenters. The first kappa shape index (κ1) is 15.8. The van der Waals surface area contributed by atoms with E-state index in [1.54, 1.807) is 6.20 Å². The van der Waals surface area contributed by atoms with E-state index in [4.69, 9.17) is 0 Å². The van der Waals surface area contributed by atoms with E-state index in [-0.39, 0.29) is 11.1 Å². The molecular weight excluding hydrogens is 284 g/mol. The Labute approximate surface area is 126 Å². The maximum atomic E-state index is 13.8. The van der Waals surface area contributed by atoms with E-state index < -0.39 is 19.7 Å². The van der Waals surface area contributed by atoms with Crippen molar-refractivity contribution in [2.24, 2.45) is 0 Å². The van der Waals surface area contributed by atoms with Crippen LogP contribution in [-0.4, -0.2) is 13.1 Å². The summed E-state index contributed by atoms with van der Waals surface area (Å²) in [7, 11) is -2.36. The molecule has 0 aliphatic carbocycles. The second kappa shape index (κ2) is 6.06. The molecule has 112 valence electrons. The minimum absolute atomic E-state index is 0.286. The third kappa shape index (κ3) is 2.77. The lowest BCUT2D eigenvalue weighted by Crippen LogP contribution is -2.63. The maximum Gasteiger partial charge on any atom is 0.146 e. The molecule has 0 aliphatic heterocycles. The summed E-state index contributed by atoms with van der Waals surface area (Å²) >= 11 is 0. The van der Waals surface area contributed by atoms with Crippen LogP contribution in [0.2, 0.25) is 11.1 Å². The highest BCUT2D eigenvalue weighted by atomic mass is 28.3. The van der Waals surface area contributed by atoms with Gasteiger partial charge in [-0.1, -0.05) is 33.8 Å². The number of pyridine rings is 1. The molecule has 1 heterocycles. The number of aromatic nitrogens is 1. The quantitative estimate of drug-likeness (QED) is 0.784. The molecule has 0 fully saturated rings. The number of benzene rings is 1. The van der Waals surface area contributed by atoms with Crippen LogP contribution in [0.25, 0.3) is 0 Å². The topological polar surface area (TPSA) is 12.9 Å². The van der Waals surface area contributed by atoms with Crippen LogP contribution < -0.4 is 10.5 Å². The second-order valence-electron chi connectivity index (χ2n) is 6.05. The average molecular weight is 305 g/mol. The predicted molar refractivity (Wildman–Crippen MR) is 85.8 cm³/mol. The first-order valence-corrected chi connectivity index (χ1v) is 9.42. The van der Waals surface area contributed by atoms with Gasteiger partial charge in [0.25, 0.3) is 0 Å². The number of nitrogens with zero attached hydrogens (tertiary/aromatic N) is 1. The fourth-order valence-corrected chi connectivity index (χ4v) is 9.03. The molecule has 0 unspecified atom stereocenters. The molecule has 21 heavy (non-hydrogen) atoms. The first-order valence-electron chi connectivity index (χ1n) is 7.27. The molecule has 2 rings (SSSR count). The van der Waals surface area contributed by atoms with Gasteiger partial charge in [-0.3, -0.25) is 4.98 Å². The molecule has 0 spiro atoms. The number of hydrogen-bond donors (Lipinski definition) is 0. The Kier molecular flexibility index (Phi) is 4.57. The molecule has 1 aromatic carbocycles. The summed E-state index contributed by atoms with van der Waals surface area (Å²) in [4.78, 5) is 4.55. The lowest BCUT2D eigenvalue weighted by Gasteiger charge is -2.39. The minimum Gasteiger partial charge on any atom is -0.266 e. The molecule has 2 aromatic rings. The van der Waals surface area contributed by atoms with Crippen molar-refractivity contribution in [3.05, 3.63) is 54.2 Å². The molecular formula is C17H21F2NSi. The van der Waals surface area contributed by atoms with Gasteiger partial charge in [-0.05, 0) is 40.5 Å². The number of hydrogen-bond acceptors (Lipinski definition) is 1. The molecule has 4 heteroatoms. The monoisotopic (exact) mass is 305 g/mol. The van der Waals surface area contributed by atoms with E-state index in [0.29, 0.717) is 0 Å². The summed E-state index contributed by atoms with van der Waals surface area (Å²) in [6.07, 6.45) is 1.76. The molecule has 0 radical (unpaired) electrons. The largest absolute Gasteiger partial charge is 0.266 e. The van der Waals surface area contributed by atoms with Crippen LogP contribution in [0.15, 0.2) is 42.6 Å². The predicted octanol–water partition coefficient (Wildman–Crippen LogP) is 3.74. The van der Waals surface area contributed by atoms with Crippen LogP contribution in [0, 0.1) is 11.6 Å². The summed E-state index contributed by atoms with van der Waals surface area (Å²) < 4.78 is 27.5. The zero-order valence-corrected chi connectivity index (χ0v) is 13.9. The molecule has 0 bridgehead atoms. The van der Waals surface area contributed by atoms with Crippen LogP contribution in [0.3, 0.4) is 0 Å². The minimum atomic E-state index is -2.36. The van der Waals surface area contributed by atoms with Crippen LogP contribution in [-0.2, 0) is 0 Å². The molecule has 0 N–H and O–H groups in total. The Hall–Kier alpha value is -1.55.